The van der Waals surface area contributed by atoms with Gasteiger partial charge in [-0.15, -0.1) is 0 Å². The third-order valence-corrected chi connectivity index (χ3v) is 3.66. The zero-order valence-corrected chi connectivity index (χ0v) is 8.90. The fraction of sp³-hybridized carbons (Fsp3) is 0.500. The standard InChI is InChI=1S/C12H16N2O/c1-14-6-9-8-4-2-3-5-10(8)13-12(9)11(15)7-14/h2-5,9,11-13,15H,6-7H2,1H3/p+1/t9-,11-,12+/m1/s1. The lowest BCUT2D eigenvalue weighted by Crippen LogP contribution is -3.12. The molecule has 15 heavy (non-hydrogen) atoms. The Morgan fingerprint density at radius 2 is 2.13 bits per heavy atom. The summed E-state index contributed by atoms with van der Waals surface area (Å²) >= 11 is 0. The normalized spacial score (nSPS) is 38.0. The topological polar surface area (TPSA) is 36.7 Å². The molecule has 3 heteroatoms. The van der Waals surface area contributed by atoms with Gasteiger partial charge in [0.25, 0.3) is 0 Å². The second-order valence-corrected chi connectivity index (χ2v) is 4.80. The number of rotatable bonds is 0. The van der Waals surface area contributed by atoms with Crippen molar-refractivity contribution in [3.63, 3.8) is 0 Å². The first-order valence-electron chi connectivity index (χ1n) is 5.60. The SMILES string of the molecule is C[NH+]1C[C@@H](O)[C@H]2Nc3ccccc3[C@H]2C1. The van der Waals surface area contributed by atoms with Crippen LogP contribution in [0.4, 0.5) is 5.69 Å². The number of hydrogen-bond acceptors (Lipinski definition) is 2. The molecule has 2 aliphatic rings. The van der Waals surface area contributed by atoms with E-state index in [1.807, 2.05) is 6.07 Å². The van der Waals surface area contributed by atoms with Crippen LogP contribution in [-0.4, -0.2) is 37.4 Å². The predicted octanol–water partition coefficient (Wildman–Crippen LogP) is -0.546. The molecular formula is C12H17N2O+. The first-order valence-corrected chi connectivity index (χ1v) is 5.60. The Hall–Kier alpha value is -1.06. The van der Waals surface area contributed by atoms with E-state index >= 15 is 0 Å². The second kappa shape index (κ2) is 3.22. The summed E-state index contributed by atoms with van der Waals surface area (Å²) in [6, 6.07) is 8.64. The van der Waals surface area contributed by atoms with Crippen LogP contribution in [0.2, 0.25) is 0 Å². The van der Waals surface area contributed by atoms with E-state index < -0.39 is 0 Å². The molecule has 0 bridgehead atoms. The molecule has 80 valence electrons. The van der Waals surface area contributed by atoms with Crippen LogP contribution in [0.5, 0.6) is 0 Å². The van der Waals surface area contributed by atoms with Gasteiger partial charge in [0, 0.05) is 5.69 Å². The third-order valence-electron chi connectivity index (χ3n) is 3.66. The zero-order chi connectivity index (χ0) is 10.4. The number of aliphatic hydroxyl groups excluding tert-OH is 1. The number of fused-ring (bicyclic) bond motifs is 3. The van der Waals surface area contributed by atoms with Gasteiger partial charge in [-0.1, -0.05) is 18.2 Å². The summed E-state index contributed by atoms with van der Waals surface area (Å²) < 4.78 is 0. The lowest BCUT2D eigenvalue weighted by Gasteiger charge is -2.33. The summed E-state index contributed by atoms with van der Waals surface area (Å²) in [6.07, 6.45) is -0.226. The van der Waals surface area contributed by atoms with Gasteiger partial charge < -0.3 is 15.3 Å². The van der Waals surface area contributed by atoms with Crippen molar-refractivity contribution in [1.29, 1.82) is 0 Å². The number of likely N-dealkylation sites (tertiary alicyclic amines) is 1. The molecule has 1 saturated heterocycles. The van der Waals surface area contributed by atoms with Crippen molar-refractivity contribution in [3.8, 4) is 0 Å². The highest BCUT2D eigenvalue weighted by atomic mass is 16.3. The molecule has 3 rings (SSSR count). The molecule has 0 radical (unpaired) electrons. The van der Waals surface area contributed by atoms with Crippen LogP contribution in [-0.2, 0) is 0 Å². The Balaban J connectivity index is 1.98. The lowest BCUT2D eigenvalue weighted by atomic mass is 9.88. The number of piperidine rings is 1. The molecule has 3 nitrogen and oxygen atoms in total. The molecule has 0 amide bonds. The minimum atomic E-state index is -0.226. The molecule has 2 heterocycles. The van der Waals surface area contributed by atoms with E-state index in [-0.39, 0.29) is 12.1 Å². The van der Waals surface area contributed by atoms with E-state index in [0.717, 1.165) is 13.1 Å². The third kappa shape index (κ3) is 1.34. The Labute approximate surface area is 89.7 Å². The maximum Gasteiger partial charge on any atom is 0.124 e. The average Bonchev–Trinajstić information content (AvgIpc) is 2.57. The molecule has 0 aromatic heterocycles. The number of hydrogen-bond donors (Lipinski definition) is 3. The van der Waals surface area contributed by atoms with Crippen molar-refractivity contribution in [2.45, 2.75) is 18.1 Å². The van der Waals surface area contributed by atoms with E-state index in [0.29, 0.717) is 5.92 Å². The predicted molar refractivity (Wildman–Crippen MR) is 59.2 cm³/mol. The van der Waals surface area contributed by atoms with Gasteiger partial charge in [0.05, 0.1) is 25.6 Å². The van der Waals surface area contributed by atoms with Crippen LogP contribution in [0.3, 0.4) is 0 Å². The number of para-hydroxylation sites is 1. The van der Waals surface area contributed by atoms with E-state index in [9.17, 15) is 5.11 Å². The van der Waals surface area contributed by atoms with Crippen molar-refractivity contribution >= 4 is 5.69 Å². The molecular weight excluding hydrogens is 188 g/mol. The van der Waals surface area contributed by atoms with E-state index in [4.69, 9.17) is 0 Å². The Bertz CT molecular complexity index is 380. The van der Waals surface area contributed by atoms with Crippen molar-refractivity contribution in [1.82, 2.24) is 0 Å². The molecule has 0 aliphatic carbocycles. The van der Waals surface area contributed by atoms with Gasteiger partial charge in [0.1, 0.15) is 12.6 Å². The van der Waals surface area contributed by atoms with E-state index in [2.05, 4.69) is 30.6 Å². The molecule has 1 aromatic rings. The van der Waals surface area contributed by atoms with E-state index in [1.165, 1.54) is 16.2 Å². The molecule has 3 N–H and O–H groups in total. The monoisotopic (exact) mass is 205 g/mol. The summed E-state index contributed by atoms with van der Waals surface area (Å²) in [4.78, 5) is 1.42. The molecule has 4 atom stereocenters. The second-order valence-electron chi connectivity index (χ2n) is 4.80. The maximum absolute atomic E-state index is 10.0. The van der Waals surface area contributed by atoms with Crippen LogP contribution in [0.25, 0.3) is 0 Å². The minimum Gasteiger partial charge on any atom is -0.385 e. The largest absolute Gasteiger partial charge is 0.385 e. The van der Waals surface area contributed by atoms with Crippen LogP contribution in [0, 0.1) is 0 Å². The highest BCUT2D eigenvalue weighted by Crippen LogP contribution is 2.37. The van der Waals surface area contributed by atoms with Crippen molar-refractivity contribution in [2.75, 3.05) is 25.5 Å². The fourth-order valence-corrected chi connectivity index (χ4v) is 2.97. The average molecular weight is 205 g/mol. The smallest absolute Gasteiger partial charge is 0.124 e. The number of benzene rings is 1. The first kappa shape index (κ1) is 9.19. The van der Waals surface area contributed by atoms with Gasteiger partial charge >= 0.3 is 0 Å². The highest BCUT2D eigenvalue weighted by molar-refractivity contribution is 5.59. The van der Waals surface area contributed by atoms with Crippen LogP contribution in [0.15, 0.2) is 24.3 Å². The number of aliphatic hydroxyl groups is 1. The van der Waals surface area contributed by atoms with Gasteiger partial charge in [-0.25, -0.2) is 0 Å². The molecule has 1 unspecified atom stereocenters. The number of quaternary nitrogens is 1. The number of anilines is 1. The Morgan fingerprint density at radius 1 is 1.33 bits per heavy atom. The van der Waals surface area contributed by atoms with Gasteiger partial charge in [-0.2, -0.15) is 0 Å². The number of nitrogens with one attached hydrogen (secondary N) is 2. The summed E-state index contributed by atoms with van der Waals surface area (Å²) in [5.74, 6) is 0.477. The summed E-state index contributed by atoms with van der Waals surface area (Å²) in [5, 5.41) is 13.5. The van der Waals surface area contributed by atoms with Gasteiger partial charge in [0.15, 0.2) is 0 Å². The highest BCUT2D eigenvalue weighted by Gasteiger charge is 2.43. The van der Waals surface area contributed by atoms with Gasteiger partial charge in [-0.3, -0.25) is 0 Å². The van der Waals surface area contributed by atoms with Crippen LogP contribution in [0.1, 0.15) is 11.5 Å². The summed E-state index contributed by atoms with van der Waals surface area (Å²) in [6.45, 7) is 1.97. The molecule has 1 fully saturated rings. The van der Waals surface area contributed by atoms with Crippen LogP contribution < -0.4 is 10.2 Å². The van der Waals surface area contributed by atoms with Crippen LogP contribution >= 0.6 is 0 Å². The van der Waals surface area contributed by atoms with Gasteiger partial charge in [-0.05, 0) is 11.6 Å². The molecule has 1 aromatic carbocycles. The van der Waals surface area contributed by atoms with Crippen molar-refractivity contribution < 1.29 is 10.0 Å². The molecule has 2 aliphatic heterocycles. The first-order chi connectivity index (χ1) is 7.25. The Morgan fingerprint density at radius 3 is 3.00 bits per heavy atom. The summed E-state index contributed by atoms with van der Waals surface area (Å²) in [7, 11) is 2.15. The lowest BCUT2D eigenvalue weighted by molar-refractivity contribution is -0.889. The van der Waals surface area contributed by atoms with Crippen molar-refractivity contribution in [2.24, 2.45) is 0 Å². The molecule has 0 saturated carbocycles. The fourth-order valence-electron chi connectivity index (χ4n) is 2.97. The van der Waals surface area contributed by atoms with Gasteiger partial charge in [0.2, 0.25) is 0 Å². The Kier molecular flexibility index (Phi) is 1.97. The number of likely N-dealkylation sites (N-methyl/N-ethyl adjacent to an activating group) is 1. The van der Waals surface area contributed by atoms with E-state index in [1.54, 1.807) is 0 Å². The maximum atomic E-state index is 10.0. The minimum absolute atomic E-state index is 0.226. The zero-order valence-electron chi connectivity index (χ0n) is 8.90. The van der Waals surface area contributed by atoms with Crippen molar-refractivity contribution in [3.05, 3.63) is 29.8 Å². The quantitative estimate of drug-likeness (QED) is 0.532. The summed E-state index contributed by atoms with van der Waals surface area (Å²) in [5.41, 5.74) is 2.59. The molecule has 0 spiro atoms.